The van der Waals surface area contributed by atoms with Crippen LogP contribution in [0.1, 0.15) is 48.0 Å². The molecule has 0 saturated heterocycles. The van der Waals surface area contributed by atoms with Gasteiger partial charge in [0.05, 0.1) is 13.0 Å². The normalized spacial score (nSPS) is 18.6. The number of ether oxygens (including phenoxy) is 1. The second kappa shape index (κ2) is 5.13. The highest BCUT2D eigenvalue weighted by Gasteiger charge is 2.27. The number of rotatable bonds is 3. The van der Waals surface area contributed by atoms with Crippen molar-refractivity contribution >= 4 is 11.8 Å². The topological polar surface area (TPSA) is 43.4 Å². The minimum Gasteiger partial charge on any atom is -0.466 e. The molecular weight excluding hydrogens is 216 g/mol. The van der Waals surface area contributed by atoms with E-state index >= 15 is 0 Å². The van der Waals surface area contributed by atoms with Gasteiger partial charge in [0.2, 0.25) is 0 Å². The first-order chi connectivity index (χ1) is 8.22. The molecule has 2 rings (SSSR count). The number of esters is 1. The molecule has 1 atom stereocenters. The SMILES string of the molecule is CCOC(=O)CC1CCC(=O)c2ccccc21. The van der Waals surface area contributed by atoms with Crippen LogP contribution in [0, 0.1) is 0 Å². The van der Waals surface area contributed by atoms with Gasteiger partial charge in [-0.15, -0.1) is 0 Å². The predicted molar refractivity (Wildman–Crippen MR) is 64.0 cm³/mol. The van der Waals surface area contributed by atoms with Crippen molar-refractivity contribution in [1.29, 1.82) is 0 Å². The lowest BCUT2D eigenvalue weighted by Gasteiger charge is -2.23. The lowest BCUT2D eigenvalue weighted by Crippen LogP contribution is -2.19. The quantitative estimate of drug-likeness (QED) is 0.752. The van der Waals surface area contributed by atoms with E-state index in [0.29, 0.717) is 19.4 Å². The van der Waals surface area contributed by atoms with Crippen LogP contribution in [0.4, 0.5) is 0 Å². The van der Waals surface area contributed by atoms with Crippen LogP contribution in [0.25, 0.3) is 0 Å². The highest BCUT2D eigenvalue weighted by Crippen LogP contribution is 2.33. The summed E-state index contributed by atoms with van der Waals surface area (Å²) in [5, 5.41) is 0. The minimum atomic E-state index is -0.179. The summed E-state index contributed by atoms with van der Waals surface area (Å²) < 4.78 is 4.96. The third-order valence-electron chi connectivity index (χ3n) is 3.14. The van der Waals surface area contributed by atoms with E-state index in [1.54, 1.807) is 6.92 Å². The molecule has 0 aliphatic heterocycles. The summed E-state index contributed by atoms with van der Waals surface area (Å²) in [5.74, 6) is 0.130. The molecule has 1 aliphatic carbocycles. The van der Waals surface area contributed by atoms with Gasteiger partial charge in [0.25, 0.3) is 0 Å². The molecule has 1 unspecified atom stereocenters. The maximum absolute atomic E-state index is 11.7. The highest BCUT2D eigenvalue weighted by atomic mass is 16.5. The molecule has 0 radical (unpaired) electrons. The number of benzene rings is 1. The van der Waals surface area contributed by atoms with E-state index in [9.17, 15) is 9.59 Å². The van der Waals surface area contributed by atoms with Gasteiger partial charge in [-0.1, -0.05) is 24.3 Å². The number of carbonyl (C=O) groups is 2. The van der Waals surface area contributed by atoms with Crippen LogP contribution < -0.4 is 0 Å². The number of ketones is 1. The largest absolute Gasteiger partial charge is 0.466 e. The van der Waals surface area contributed by atoms with Gasteiger partial charge < -0.3 is 4.74 Å². The molecule has 0 saturated carbocycles. The summed E-state index contributed by atoms with van der Waals surface area (Å²) >= 11 is 0. The third kappa shape index (κ3) is 2.54. The first-order valence-corrected chi connectivity index (χ1v) is 6.00. The summed E-state index contributed by atoms with van der Waals surface area (Å²) in [6.07, 6.45) is 1.65. The van der Waals surface area contributed by atoms with Gasteiger partial charge in [0, 0.05) is 12.0 Å². The Morgan fingerprint density at radius 1 is 1.41 bits per heavy atom. The van der Waals surface area contributed by atoms with Crippen LogP contribution in [0.5, 0.6) is 0 Å². The van der Waals surface area contributed by atoms with E-state index in [2.05, 4.69) is 0 Å². The van der Waals surface area contributed by atoms with Crippen LogP contribution in [0.2, 0.25) is 0 Å². The maximum atomic E-state index is 11.7. The molecule has 0 aromatic heterocycles. The molecule has 3 nitrogen and oxygen atoms in total. The smallest absolute Gasteiger partial charge is 0.306 e. The maximum Gasteiger partial charge on any atom is 0.306 e. The van der Waals surface area contributed by atoms with Crippen LogP contribution in [0.15, 0.2) is 24.3 Å². The standard InChI is InChI=1S/C14H16O3/c1-2-17-14(16)9-10-7-8-13(15)12-6-4-3-5-11(10)12/h3-6,10H,2,7-9H2,1H3. The Balaban J connectivity index is 2.18. The lowest BCUT2D eigenvalue weighted by atomic mass is 9.80. The van der Waals surface area contributed by atoms with Crippen molar-refractivity contribution in [3.05, 3.63) is 35.4 Å². The molecule has 1 aromatic rings. The molecule has 17 heavy (non-hydrogen) atoms. The van der Waals surface area contributed by atoms with E-state index in [4.69, 9.17) is 4.74 Å². The van der Waals surface area contributed by atoms with Gasteiger partial charge in [-0.25, -0.2) is 0 Å². The minimum absolute atomic E-state index is 0.128. The summed E-state index contributed by atoms with van der Waals surface area (Å²) in [6, 6.07) is 7.56. The second-order valence-electron chi connectivity index (χ2n) is 4.26. The molecule has 0 bridgehead atoms. The van der Waals surface area contributed by atoms with Crippen LogP contribution >= 0.6 is 0 Å². The van der Waals surface area contributed by atoms with E-state index in [1.165, 1.54) is 0 Å². The van der Waals surface area contributed by atoms with E-state index in [0.717, 1.165) is 17.5 Å². The Morgan fingerprint density at radius 2 is 2.18 bits per heavy atom. The molecule has 0 fully saturated rings. The van der Waals surface area contributed by atoms with Crippen molar-refractivity contribution in [1.82, 2.24) is 0 Å². The highest BCUT2D eigenvalue weighted by molar-refractivity contribution is 5.99. The van der Waals surface area contributed by atoms with Gasteiger partial charge in [0.15, 0.2) is 5.78 Å². The van der Waals surface area contributed by atoms with Crippen molar-refractivity contribution in [3.8, 4) is 0 Å². The Morgan fingerprint density at radius 3 is 2.94 bits per heavy atom. The lowest BCUT2D eigenvalue weighted by molar-refractivity contribution is -0.143. The molecule has 0 spiro atoms. The zero-order chi connectivity index (χ0) is 12.3. The second-order valence-corrected chi connectivity index (χ2v) is 4.26. The summed E-state index contributed by atoms with van der Waals surface area (Å²) in [6.45, 7) is 2.21. The van der Waals surface area contributed by atoms with E-state index in [1.807, 2.05) is 24.3 Å². The predicted octanol–water partition coefficient (Wildman–Crippen LogP) is 2.70. The van der Waals surface area contributed by atoms with Gasteiger partial charge in [-0.2, -0.15) is 0 Å². The van der Waals surface area contributed by atoms with Crippen molar-refractivity contribution in [2.75, 3.05) is 6.61 Å². The van der Waals surface area contributed by atoms with Crippen molar-refractivity contribution in [2.24, 2.45) is 0 Å². The average Bonchev–Trinajstić information content (AvgIpc) is 2.34. The monoisotopic (exact) mass is 232 g/mol. The fourth-order valence-corrected chi connectivity index (χ4v) is 2.34. The van der Waals surface area contributed by atoms with Crippen molar-refractivity contribution < 1.29 is 14.3 Å². The fourth-order valence-electron chi connectivity index (χ4n) is 2.34. The number of fused-ring (bicyclic) bond motifs is 1. The van der Waals surface area contributed by atoms with Crippen LogP contribution in [0.3, 0.4) is 0 Å². The zero-order valence-electron chi connectivity index (χ0n) is 9.94. The average molecular weight is 232 g/mol. The first kappa shape index (κ1) is 11.8. The molecule has 0 N–H and O–H groups in total. The number of carbonyl (C=O) groups excluding carboxylic acids is 2. The third-order valence-corrected chi connectivity index (χ3v) is 3.14. The molecule has 90 valence electrons. The van der Waals surface area contributed by atoms with Gasteiger partial charge in [0.1, 0.15) is 0 Å². The number of hydrogen-bond donors (Lipinski definition) is 0. The van der Waals surface area contributed by atoms with Crippen LogP contribution in [-0.4, -0.2) is 18.4 Å². The van der Waals surface area contributed by atoms with Crippen molar-refractivity contribution in [3.63, 3.8) is 0 Å². The molecule has 3 heteroatoms. The number of hydrogen-bond acceptors (Lipinski definition) is 3. The molecule has 0 amide bonds. The Kier molecular flexibility index (Phi) is 3.57. The molecule has 0 heterocycles. The van der Waals surface area contributed by atoms with Crippen LogP contribution in [-0.2, 0) is 9.53 Å². The van der Waals surface area contributed by atoms with E-state index < -0.39 is 0 Å². The molecule has 1 aromatic carbocycles. The first-order valence-electron chi connectivity index (χ1n) is 6.00. The summed E-state index contributed by atoms with van der Waals surface area (Å²) in [5.41, 5.74) is 1.77. The Bertz CT molecular complexity index is 437. The molecular formula is C14H16O3. The zero-order valence-corrected chi connectivity index (χ0v) is 9.94. The summed E-state index contributed by atoms with van der Waals surface area (Å²) in [7, 11) is 0. The fraction of sp³-hybridized carbons (Fsp3) is 0.429. The summed E-state index contributed by atoms with van der Waals surface area (Å²) in [4.78, 5) is 23.2. The van der Waals surface area contributed by atoms with Gasteiger partial charge in [-0.3, -0.25) is 9.59 Å². The number of Topliss-reactive ketones (excluding diaryl/α,β-unsaturated/α-hetero) is 1. The Labute approximate surface area is 101 Å². The van der Waals surface area contributed by atoms with Gasteiger partial charge >= 0.3 is 5.97 Å². The Hall–Kier alpha value is -1.64. The molecule has 1 aliphatic rings. The van der Waals surface area contributed by atoms with E-state index in [-0.39, 0.29) is 17.7 Å². The van der Waals surface area contributed by atoms with Gasteiger partial charge in [-0.05, 0) is 24.8 Å². The van der Waals surface area contributed by atoms with Crippen molar-refractivity contribution in [2.45, 2.75) is 32.1 Å².